The molecule has 0 unspecified atom stereocenters. The van der Waals surface area contributed by atoms with Crippen LogP contribution in [0.15, 0.2) is 71.6 Å². The van der Waals surface area contributed by atoms with Crippen LogP contribution >= 0.6 is 11.6 Å². The van der Waals surface area contributed by atoms with Gasteiger partial charge in [0.2, 0.25) is 0 Å². The topological polar surface area (TPSA) is 66.5 Å². The molecule has 0 aliphatic heterocycles. The number of anilines is 2. The van der Waals surface area contributed by atoms with E-state index >= 15 is 0 Å². The Bertz CT molecular complexity index is 1150. The van der Waals surface area contributed by atoms with E-state index in [0.717, 1.165) is 16.4 Å². The van der Waals surface area contributed by atoms with Gasteiger partial charge in [0.05, 0.1) is 10.6 Å². The second kappa shape index (κ2) is 8.18. The van der Waals surface area contributed by atoms with E-state index in [1.54, 1.807) is 0 Å². The number of carbonyl (C=O) groups is 1. The molecule has 0 spiro atoms. The van der Waals surface area contributed by atoms with E-state index in [2.05, 4.69) is 5.32 Å². The van der Waals surface area contributed by atoms with Gasteiger partial charge in [0.15, 0.2) is 0 Å². The van der Waals surface area contributed by atoms with E-state index in [9.17, 15) is 22.0 Å². The molecule has 0 radical (unpaired) electrons. The number of carbonyl (C=O) groups excluding carboxylic acids is 1. The molecule has 3 rings (SSSR count). The van der Waals surface area contributed by atoms with Crippen molar-refractivity contribution in [1.82, 2.24) is 0 Å². The standard InChI is InChI=1S/C20H15ClF2N2O3S/c1-25(29(27,28)16-10-8-14(21)9-11-16)15-5-2-4-13(12-15)20(26)24-19-17(22)6-3-7-18(19)23/h2-12H,1H3,(H,24,26). The number of rotatable bonds is 5. The fraction of sp³-hybridized carbons (Fsp3) is 0.0500. The van der Waals surface area contributed by atoms with Crippen molar-refractivity contribution in [3.63, 3.8) is 0 Å². The summed E-state index contributed by atoms with van der Waals surface area (Å²) in [5, 5.41) is 2.56. The van der Waals surface area contributed by atoms with E-state index in [1.807, 2.05) is 0 Å². The Morgan fingerprint density at radius 1 is 0.966 bits per heavy atom. The summed E-state index contributed by atoms with van der Waals surface area (Å²) in [6, 6.07) is 14.5. The van der Waals surface area contributed by atoms with E-state index < -0.39 is 33.3 Å². The molecule has 5 nitrogen and oxygen atoms in total. The predicted octanol–water partition coefficient (Wildman–Crippen LogP) is 4.70. The zero-order valence-electron chi connectivity index (χ0n) is 15.1. The molecular formula is C20H15ClF2N2O3S. The predicted molar refractivity (Wildman–Crippen MR) is 108 cm³/mol. The van der Waals surface area contributed by atoms with E-state index in [4.69, 9.17) is 11.6 Å². The molecule has 0 aromatic heterocycles. The highest BCUT2D eigenvalue weighted by atomic mass is 35.5. The smallest absolute Gasteiger partial charge is 0.264 e. The molecule has 0 atom stereocenters. The lowest BCUT2D eigenvalue weighted by molar-refractivity contribution is 0.102. The molecular weight excluding hydrogens is 422 g/mol. The van der Waals surface area contributed by atoms with Gasteiger partial charge in [0, 0.05) is 17.6 Å². The van der Waals surface area contributed by atoms with Crippen LogP contribution in [0, 0.1) is 11.6 Å². The first kappa shape index (κ1) is 20.8. The number of sulfonamides is 1. The third-order valence-corrected chi connectivity index (χ3v) is 6.20. The van der Waals surface area contributed by atoms with Gasteiger partial charge in [-0.15, -0.1) is 0 Å². The molecule has 0 saturated carbocycles. The van der Waals surface area contributed by atoms with Crippen molar-refractivity contribution in [3.8, 4) is 0 Å². The van der Waals surface area contributed by atoms with Crippen molar-refractivity contribution in [2.45, 2.75) is 4.90 Å². The summed E-state index contributed by atoms with van der Waals surface area (Å²) in [4.78, 5) is 12.4. The van der Waals surface area contributed by atoms with Crippen molar-refractivity contribution in [2.75, 3.05) is 16.7 Å². The summed E-state index contributed by atoms with van der Waals surface area (Å²) >= 11 is 5.80. The van der Waals surface area contributed by atoms with Gasteiger partial charge in [-0.2, -0.15) is 0 Å². The molecule has 0 bridgehead atoms. The second-order valence-electron chi connectivity index (χ2n) is 6.03. The molecule has 29 heavy (non-hydrogen) atoms. The highest BCUT2D eigenvalue weighted by Gasteiger charge is 2.22. The number of hydrogen-bond acceptors (Lipinski definition) is 3. The van der Waals surface area contributed by atoms with Crippen LogP contribution in [-0.4, -0.2) is 21.4 Å². The highest BCUT2D eigenvalue weighted by molar-refractivity contribution is 7.92. The van der Waals surface area contributed by atoms with Crippen molar-refractivity contribution in [2.24, 2.45) is 0 Å². The zero-order chi connectivity index (χ0) is 21.2. The third kappa shape index (κ3) is 4.38. The molecule has 1 amide bonds. The van der Waals surface area contributed by atoms with Crippen LogP contribution in [0.4, 0.5) is 20.2 Å². The molecule has 0 aliphatic carbocycles. The van der Waals surface area contributed by atoms with Crippen molar-refractivity contribution >= 4 is 38.9 Å². The highest BCUT2D eigenvalue weighted by Crippen LogP contribution is 2.25. The summed E-state index contributed by atoms with van der Waals surface area (Å²) in [7, 11) is -2.57. The van der Waals surface area contributed by atoms with Crippen LogP contribution in [0.2, 0.25) is 5.02 Å². The van der Waals surface area contributed by atoms with Gasteiger partial charge < -0.3 is 5.32 Å². The summed E-state index contributed by atoms with van der Waals surface area (Å²) in [5.74, 6) is -2.62. The Hall–Kier alpha value is -2.97. The quantitative estimate of drug-likeness (QED) is 0.630. The van der Waals surface area contributed by atoms with Crippen LogP contribution in [0.5, 0.6) is 0 Å². The Labute approximate surface area is 171 Å². The first-order chi connectivity index (χ1) is 13.7. The van der Waals surface area contributed by atoms with Gasteiger partial charge in [-0.05, 0) is 54.6 Å². The van der Waals surface area contributed by atoms with E-state index in [1.165, 1.54) is 61.6 Å². The van der Waals surface area contributed by atoms with Gasteiger partial charge in [0.25, 0.3) is 15.9 Å². The number of nitrogens with zero attached hydrogens (tertiary/aromatic N) is 1. The maximum atomic E-state index is 13.8. The zero-order valence-corrected chi connectivity index (χ0v) is 16.6. The summed E-state index contributed by atoms with van der Waals surface area (Å²) in [6.45, 7) is 0. The lowest BCUT2D eigenvalue weighted by Crippen LogP contribution is -2.27. The van der Waals surface area contributed by atoms with Crippen LogP contribution in [0.3, 0.4) is 0 Å². The van der Waals surface area contributed by atoms with Crippen LogP contribution in [0.25, 0.3) is 0 Å². The van der Waals surface area contributed by atoms with E-state index in [-0.39, 0.29) is 16.1 Å². The molecule has 3 aromatic rings. The largest absolute Gasteiger partial charge is 0.317 e. The lowest BCUT2D eigenvalue weighted by Gasteiger charge is -2.20. The van der Waals surface area contributed by atoms with Gasteiger partial charge >= 0.3 is 0 Å². The number of halogens is 3. The van der Waals surface area contributed by atoms with E-state index in [0.29, 0.717) is 5.02 Å². The number of nitrogens with one attached hydrogen (secondary N) is 1. The minimum atomic E-state index is -3.90. The minimum Gasteiger partial charge on any atom is -0.317 e. The van der Waals surface area contributed by atoms with Crippen LogP contribution < -0.4 is 9.62 Å². The Kier molecular flexibility index (Phi) is 5.86. The molecule has 0 heterocycles. The van der Waals surface area contributed by atoms with Gasteiger partial charge in [0.1, 0.15) is 17.3 Å². The SMILES string of the molecule is CN(c1cccc(C(=O)Nc2c(F)cccc2F)c1)S(=O)(=O)c1ccc(Cl)cc1. The summed E-state index contributed by atoms with van der Waals surface area (Å²) < 4.78 is 54.1. The molecule has 150 valence electrons. The summed E-state index contributed by atoms with van der Waals surface area (Å²) in [5.41, 5.74) is -0.352. The average Bonchev–Trinajstić information content (AvgIpc) is 2.70. The number of amides is 1. The summed E-state index contributed by atoms with van der Waals surface area (Å²) in [6.07, 6.45) is 0. The fourth-order valence-corrected chi connectivity index (χ4v) is 3.86. The first-order valence-corrected chi connectivity index (χ1v) is 10.1. The molecule has 1 N–H and O–H groups in total. The number of para-hydroxylation sites is 1. The maximum absolute atomic E-state index is 13.8. The molecule has 0 saturated heterocycles. The first-order valence-electron chi connectivity index (χ1n) is 8.30. The fourth-order valence-electron chi connectivity index (χ4n) is 2.55. The molecule has 0 fully saturated rings. The molecule has 3 aromatic carbocycles. The van der Waals surface area contributed by atoms with Crippen molar-refractivity contribution in [1.29, 1.82) is 0 Å². The molecule has 0 aliphatic rings. The third-order valence-electron chi connectivity index (χ3n) is 4.15. The lowest BCUT2D eigenvalue weighted by atomic mass is 10.2. The Balaban J connectivity index is 1.89. The number of benzene rings is 3. The minimum absolute atomic E-state index is 0.0210. The number of hydrogen-bond donors (Lipinski definition) is 1. The normalized spacial score (nSPS) is 11.2. The average molecular weight is 437 g/mol. The van der Waals surface area contributed by atoms with Crippen LogP contribution in [0.1, 0.15) is 10.4 Å². The van der Waals surface area contributed by atoms with Gasteiger partial charge in [-0.3, -0.25) is 9.10 Å². The molecule has 9 heteroatoms. The second-order valence-corrected chi connectivity index (χ2v) is 8.43. The van der Waals surface area contributed by atoms with Crippen molar-refractivity contribution in [3.05, 3.63) is 89.0 Å². The van der Waals surface area contributed by atoms with Crippen molar-refractivity contribution < 1.29 is 22.0 Å². The maximum Gasteiger partial charge on any atom is 0.264 e. The van der Waals surface area contributed by atoms with Crippen LogP contribution in [-0.2, 0) is 10.0 Å². The monoisotopic (exact) mass is 436 g/mol. The Morgan fingerprint density at radius 3 is 2.17 bits per heavy atom. The van der Waals surface area contributed by atoms with Gasteiger partial charge in [-0.25, -0.2) is 17.2 Å². The van der Waals surface area contributed by atoms with Gasteiger partial charge in [-0.1, -0.05) is 23.7 Å². The Morgan fingerprint density at radius 2 is 1.55 bits per heavy atom.